The van der Waals surface area contributed by atoms with E-state index in [-0.39, 0.29) is 24.1 Å². The Labute approximate surface area is 126 Å². The Morgan fingerprint density at radius 2 is 2.05 bits per heavy atom. The molecule has 4 nitrogen and oxygen atoms in total. The highest BCUT2D eigenvalue weighted by molar-refractivity contribution is 5.99. The molecular formula is C17H24N2O2. The van der Waals surface area contributed by atoms with Gasteiger partial charge in [0.2, 0.25) is 5.91 Å². The summed E-state index contributed by atoms with van der Waals surface area (Å²) in [6.45, 7) is 5.82. The smallest absolute Gasteiger partial charge is 0.244 e. The Bertz CT molecular complexity index is 494. The van der Waals surface area contributed by atoms with Crippen molar-refractivity contribution in [1.29, 1.82) is 0 Å². The molecule has 0 aliphatic carbocycles. The van der Waals surface area contributed by atoms with E-state index >= 15 is 0 Å². The van der Waals surface area contributed by atoms with Gasteiger partial charge >= 0.3 is 0 Å². The fourth-order valence-electron chi connectivity index (χ4n) is 3.24. The predicted octanol–water partition coefficient (Wildman–Crippen LogP) is 2.26. The number of nitrogens with one attached hydrogen (secondary N) is 1. The molecule has 2 aliphatic rings. The lowest BCUT2D eigenvalue weighted by molar-refractivity contribution is -0.119. The number of nitrogens with zero attached hydrogens (tertiary/aromatic N) is 1. The molecule has 2 aliphatic heterocycles. The van der Waals surface area contributed by atoms with Gasteiger partial charge in [0, 0.05) is 24.9 Å². The molecule has 3 atom stereocenters. The summed E-state index contributed by atoms with van der Waals surface area (Å²) in [7, 11) is 0. The minimum Gasteiger partial charge on any atom is -0.377 e. The number of rotatable bonds is 4. The van der Waals surface area contributed by atoms with Gasteiger partial charge in [0.1, 0.15) is 0 Å². The lowest BCUT2D eigenvalue weighted by Gasteiger charge is -2.24. The number of hydrogen-bond donors (Lipinski definition) is 1. The van der Waals surface area contributed by atoms with Crippen molar-refractivity contribution in [3.63, 3.8) is 0 Å². The minimum atomic E-state index is -0.0782. The van der Waals surface area contributed by atoms with E-state index < -0.39 is 0 Å². The largest absolute Gasteiger partial charge is 0.377 e. The van der Waals surface area contributed by atoms with Crippen molar-refractivity contribution < 1.29 is 9.53 Å². The number of benzene rings is 1. The zero-order valence-electron chi connectivity index (χ0n) is 12.8. The maximum Gasteiger partial charge on any atom is 0.244 e. The highest BCUT2D eigenvalue weighted by Gasteiger charge is 2.35. The van der Waals surface area contributed by atoms with Gasteiger partial charge in [-0.25, -0.2) is 0 Å². The summed E-state index contributed by atoms with van der Waals surface area (Å²) >= 11 is 0. The van der Waals surface area contributed by atoms with E-state index in [1.807, 2.05) is 17.0 Å². The normalized spacial score (nSPS) is 27.3. The number of carbonyl (C=O) groups excluding carboxylic acids is 1. The van der Waals surface area contributed by atoms with Gasteiger partial charge in [-0.05, 0) is 45.2 Å². The van der Waals surface area contributed by atoms with Crippen LogP contribution in [0.25, 0.3) is 0 Å². The van der Waals surface area contributed by atoms with Gasteiger partial charge in [0.25, 0.3) is 0 Å². The molecule has 21 heavy (non-hydrogen) atoms. The highest BCUT2D eigenvalue weighted by atomic mass is 16.5. The number of amides is 1. The van der Waals surface area contributed by atoms with Crippen LogP contribution in [0.5, 0.6) is 0 Å². The molecule has 2 fully saturated rings. The second-order valence-corrected chi connectivity index (χ2v) is 6.17. The first-order valence-electron chi connectivity index (χ1n) is 7.91. The number of anilines is 1. The SMILES string of the molecule is Cc1ccc(N2CCC(NC(C)C3CCCO3)C2=O)cc1. The molecule has 0 saturated carbocycles. The fourth-order valence-corrected chi connectivity index (χ4v) is 3.24. The first-order valence-corrected chi connectivity index (χ1v) is 7.91. The Morgan fingerprint density at radius 1 is 1.29 bits per heavy atom. The van der Waals surface area contributed by atoms with Crippen molar-refractivity contribution in [1.82, 2.24) is 5.32 Å². The van der Waals surface area contributed by atoms with Crippen LogP contribution < -0.4 is 10.2 Å². The van der Waals surface area contributed by atoms with Crippen LogP contribution in [0.4, 0.5) is 5.69 Å². The van der Waals surface area contributed by atoms with Crippen molar-refractivity contribution in [3.8, 4) is 0 Å². The maximum atomic E-state index is 12.6. The summed E-state index contributed by atoms with van der Waals surface area (Å²) in [5.41, 5.74) is 2.21. The fraction of sp³-hybridized carbons (Fsp3) is 0.588. The van der Waals surface area contributed by atoms with Crippen LogP contribution in [0.15, 0.2) is 24.3 Å². The van der Waals surface area contributed by atoms with Crippen LogP contribution in [-0.4, -0.2) is 37.2 Å². The number of hydrogen-bond acceptors (Lipinski definition) is 3. The van der Waals surface area contributed by atoms with E-state index in [0.717, 1.165) is 38.1 Å². The van der Waals surface area contributed by atoms with E-state index in [9.17, 15) is 4.79 Å². The van der Waals surface area contributed by atoms with Gasteiger partial charge in [-0.3, -0.25) is 4.79 Å². The molecule has 4 heteroatoms. The van der Waals surface area contributed by atoms with Gasteiger partial charge in [0.05, 0.1) is 12.1 Å². The zero-order chi connectivity index (χ0) is 14.8. The van der Waals surface area contributed by atoms with Gasteiger partial charge < -0.3 is 15.0 Å². The minimum absolute atomic E-state index is 0.0782. The maximum absolute atomic E-state index is 12.6. The summed E-state index contributed by atoms with van der Waals surface area (Å²) < 4.78 is 5.70. The molecule has 0 bridgehead atoms. The Hall–Kier alpha value is -1.39. The van der Waals surface area contributed by atoms with Crippen LogP contribution >= 0.6 is 0 Å². The van der Waals surface area contributed by atoms with Gasteiger partial charge in [-0.15, -0.1) is 0 Å². The highest BCUT2D eigenvalue weighted by Crippen LogP contribution is 2.23. The lowest BCUT2D eigenvalue weighted by Crippen LogP contribution is -2.47. The zero-order valence-corrected chi connectivity index (χ0v) is 12.8. The van der Waals surface area contributed by atoms with Crippen LogP contribution in [0.3, 0.4) is 0 Å². The molecule has 114 valence electrons. The number of carbonyl (C=O) groups is 1. The molecular weight excluding hydrogens is 264 g/mol. The van der Waals surface area contributed by atoms with Crippen molar-refractivity contribution in [2.45, 2.75) is 51.3 Å². The third-order valence-electron chi connectivity index (χ3n) is 4.54. The second-order valence-electron chi connectivity index (χ2n) is 6.17. The van der Waals surface area contributed by atoms with Crippen LogP contribution in [0.1, 0.15) is 31.7 Å². The third kappa shape index (κ3) is 3.11. The van der Waals surface area contributed by atoms with E-state index in [1.54, 1.807) is 0 Å². The number of ether oxygens (including phenoxy) is 1. The Balaban J connectivity index is 1.61. The molecule has 1 aromatic rings. The van der Waals surface area contributed by atoms with Crippen molar-refractivity contribution >= 4 is 11.6 Å². The van der Waals surface area contributed by atoms with Crippen LogP contribution in [-0.2, 0) is 9.53 Å². The molecule has 1 amide bonds. The topological polar surface area (TPSA) is 41.6 Å². The van der Waals surface area contributed by atoms with E-state index in [2.05, 4.69) is 31.3 Å². The first-order chi connectivity index (χ1) is 10.1. The first kappa shape index (κ1) is 14.5. The summed E-state index contributed by atoms with van der Waals surface area (Å²) in [5.74, 6) is 0.184. The summed E-state index contributed by atoms with van der Waals surface area (Å²) in [5, 5.41) is 3.47. The van der Waals surface area contributed by atoms with Crippen molar-refractivity contribution in [3.05, 3.63) is 29.8 Å². The average Bonchev–Trinajstić information content (AvgIpc) is 3.11. The molecule has 0 aromatic heterocycles. The second kappa shape index (κ2) is 6.16. The van der Waals surface area contributed by atoms with E-state index in [0.29, 0.717) is 0 Å². The monoisotopic (exact) mass is 288 g/mol. The van der Waals surface area contributed by atoms with Crippen LogP contribution in [0, 0.1) is 6.92 Å². The molecule has 3 rings (SSSR count). The molecule has 1 N–H and O–H groups in total. The summed E-state index contributed by atoms with van der Waals surface area (Å²) in [6.07, 6.45) is 3.34. The third-order valence-corrected chi connectivity index (χ3v) is 4.54. The van der Waals surface area contributed by atoms with E-state index in [1.165, 1.54) is 5.56 Å². The summed E-state index contributed by atoms with van der Waals surface area (Å²) in [6, 6.07) is 8.32. The molecule has 0 spiro atoms. The lowest BCUT2D eigenvalue weighted by atomic mass is 10.1. The molecule has 2 heterocycles. The Morgan fingerprint density at radius 3 is 2.71 bits per heavy atom. The van der Waals surface area contributed by atoms with Crippen molar-refractivity contribution in [2.75, 3.05) is 18.1 Å². The number of aryl methyl sites for hydroxylation is 1. The van der Waals surface area contributed by atoms with Gasteiger partial charge in [-0.2, -0.15) is 0 Å². The standard InChI is InChI=1S/C17H24N2O2/c1-12-5-7-14(8-6-12)19-10-9-15(17(19)20)18-13(2)16-4-3-11-21-16/h5-8,13,15-16,18H,3-4,9-11H2,1-2H3. The molecule has 0 radical (unpaired) electrons. The van der Waals surface area contributed by atoms with E-state index in [4.69, 9.17) is 4.74 Å². The predicted molar refractivity (Wildman–Crippen MR) is 83.5 cm³/mol. The Kier molecular flexibility index (Phi) is 4.27. The molecule has 3 unspecified atom stereocenters. The van der Waals surface area contributed by atoms with Crippen molar-refractivity contribution in [2.24, 2.45) is 0 Å². The van der Waals surface area contributed by atoms with Crippen LogP contribution in [0.2, 0.25) is 0 Å². The molecule has 1 aromatic carbocycles. The quantitative estimate of drug-likeness (QED) is 0.924. The van der Waals surface area contributed by atoms with Gasteiger partial charge in [0.15, 0.2) is 0 Å². The van der Waals surface area contributed by atoms with Gasteiger partial charge in [-0.1, -0.05) is 17.7 Å². The molecule has 2 saturated heterocycles. The average molecular weight is 288 g/mol. The summed E-state index contributed by atoms with van der Waals surface area (Å²) in [4.78, 5) is 14.5.